The van der Waals surface area contributed by atoms with Crippen molar-refractivity contribution in [3.63, 3.8) is 0 Å². The van der Waals surface area contributed by atoms with Crippen molar-refractivity contribution in [1.29, 1.82) is 0 Å². The van der Waals surface area contributed by atoms with Crippen molar-refractivity contribution in [3.05, 3.63) is 29.8 Å². The molecule has 1 heterocycles. The summed E-state index contributed by atoms with van der Waals surface area (Å²) < 4.78 is 0. The molecule has 0 spiro atoms. The molecule has 1 fully saturated rings. The Morgan fingerprint density at radius 3 is 2.33 bits per heavy atom. The highest BCUT2D eigenvalue weighted by Crippen LogP contribution is 2.09. The first-order valence-corrected chi connectivity index (χ1v) is 7.01. The number of likely N-dealkylation sites (N-methyl/N-ethyl adjacent to an activating group) is 1. The van der Waals surface area contributed by atoms with Crippen molar-refractivity contribution < 1.29 is 0 Å². The first-order chi connectivity index (χ1) is 8.78. The fourth-order valence-corrected chi connectivity index (χ4v) is 2.29. The number of hydrogen-bond donors (Lipinski definition) is 1. The zero-order valence-electron chi connectivity index (χ0n) is 11.7. The molecule has 1 aromatic rings. The van der Waals surface area contributed by atoms with Gasteiger partial charge in [-0.05, 0) is 31.2 Å². The minimum Gasteiger partial charge on any atom is -0.384 e. The van der Waals surface area contributed by atoms with Crippen molar-refractivity contribution in [1.82, 2.24) is 9.80 Å². The Morgan fingerprint density at radius 1 is 1.06 bits per heavy atom. The van der Waals surface area contributed by atoms with Crippen LogP contribution < -0.4 is 5.32 Å². The lowest BCUT2D eigenvalue weighted by molar-refractivity contribution is 0.158. The largest absolute Gasteiger partial charge is 0.384 e. The topological polar surface area (TPSA) is 18.5 Å². The van der Waals surface area contributed by atoms with E-state index < -0.39 is 0 Å². The molecule has 1 N–H and O–H groups in total. The second-order valence-electron chi connectivity index (χ2n) is 5.12. The number of rotatable bonds is 5. The Balaban J connectivity index is 1.68. The summed E-state index contributed by atoms with van der Waals surface area (Å²) in [6, 6.07) is 8.78. The van der Waals surface area contributed by atoms with Gasteiger partial charge in [-0.25, -0.2) is 0 Å². The molecule has 1 aromatic carbocycles. The number of nitrogens with zero attached hydrogens (tertiary/aromatic N) is 2. The lowest BCUT2D eigenvalue weighted by atomic mass is 10.1. The summed E-state index contributed by atoms with van der Waals surface area (Å²) in [6.45, 7) is 9.17. The fraction of sp³-hybridized carbons (Fsp3) is 0.600. The van der Waals surface area contributed by atoms with Crippen LogP contribution in [0, 0.1) is 0 Å². The molecule has 0 saturated carbocycles. The average Bonchev–Trinajstić information content (AvgIpc) is 2.42. The molecule has 3 nitrogen and oxygen atoms in total. The van der Waals surface area contributed by atoms with Gasteiger partial charge in [0.1, 0.15) is 0 Å². The van der Waals surface area contributed by atoms with Gasteiger partial charge in [0.15, 0.2) is 0 Å². The quantitative estimate of drug-likeness (QED) is 0.857. The molecular formula is C15H25N3. The van der Waals surface area contributed by atoms with Crippen LogP contribution in [0.3, 0.4) is 0 Å². The lowest BCUT2D eigenvalue weighted by Gasteiger charge is -2.32. The van der Waals surface area contributed by atoms with Crippen LogP contribution in [0.25, 0.3) is 0 Å². The van der Waals surface area contributed by atoms with Gasteiger partial charge in [0.2, 0.25) is 0 Å². The molecule has 0 radical (unpaired) electrons. The molecule has 18 heavy (non-hydrogen) atoms. The van der Waals surface area contributed by atoms with E-state index >= 15 is 0 Å². The number of hydrogen-bond acceptors (Lipinski definition) is 3. The molecule has 3 heteroatoms. The third-order valence-electron chi connectivity index (χ3n) is 3.72. The summed E-state index contributed by atoms with van der Waals surface area (Å²) in [4.78, 5) is 4.93. The Labute approximate surface area is 111 Å². The molecule has 1 aliphatic rings. The van der Waals surface area contributed by atoms with Crippen molar-refractivity contribution in [3.8, 4) is 0 Å². The predicted molar refractivity (Wildman–Crippen MR) is 78.2 cm³/mol. The second kappa shape index (κ2) is 6.76. The molecule has 100 valence electrons. The zero-order valence-corrected chi connectivity index (χ0v) is 11.7. The maximum Gasteiger partial charge on any atom is 0.0340 e. The van der Waals surface area contributed by atoms with Gasteiger partial charge in [0.25, 0.3) is 0 Å². The minimum absolute atomic E-state index is 1.04. The number of anilines is 1. The van der Waals surface area contributed by atoms with Crippen LogP contribution in [0.15, 0.2) is 24.3 Å². The molecule has 0 aromatic heterocycles. The zero-order chi connectivity index (χ0) is 12.8. The standard InChI is InChI=1S/C15H25N3/c1-3-14-4-6-15(7-5-14)16-8-9-18-12-10-17(2)11-13-18/h4-7,16H,3,8-13H2,1-2H3. The van der Waals surface area contributed by atoms with Crippen LogP contribution in [0.5, 0.6) is 0 Å². The fourth-order valence-electron chi connectivity index (χ4n) is 2.29. The normalized spacial score (nSPS) is 17.9. The molecule has 0 unspecified atom stereocenters. The summed E-state index contributed by atoms with van der Waals surface area (Å²) in [5.41, 5.74) is 2.64. The highest BCUT2D eigenvalue weighted by atomic mass is 15.2. The van der Waals surface area contributed by atoms with E-state index in [2.05, 4.69) is 53.4 Å². The number of benzene rings is 1. The predicted octanol–water partition coefficient (Wildman–Crippen LogP) is 1.91. The summed E-state index contributed by atoms with van der Waals surface area (Å²) in [7, 11) is 2.20. The molecule has 0 atom stereocenters. The number of piperazine rings is 1. The third-order valence-corrected chi connectivity index (χ3v) is 3.72. The van der Waals surface area contributed by atoms with Gasteiger partial charge in [-0.3, -0.25) is 4.90 Å². The van der Waals surface area contributed by atoms with Crippen LogP contribution in [0.2, 0.25) is 0 Å². The third kappa shape index (κ3) is 4.00. The summed E-state index contributed by atoms with van der Waals surface area (Å²) in [5.74, 6) is 0. The SMILES string of the molecule is CCc1ccc(NCCN2CCN(C)CC2)cc1. The van der Waals surface area contributed by atoms with Crippen LogP contribution in [0.4, 0.5) is 5.69 Å². The summed E-state index contributed by atoms with van der Waals surface area (Å²) >= 11 is 0. The van der Waals surface area contributed by atoms with Gasteiger partial charge >= 0.3 is 0 Å². The maximum absolute atomic E-state index is 3.50. The molecule has 1 aliphatic heterocycles. The van der Waals surface area contributed by atoms with E-state index in [0.29, 0.717) is 0 Å². The van der Waals surface area contributed by atoms with Crippen molar-refractivity contribution >= 4 is 5.69 Å². The van der Waals surface area contributed by atoms with E-state index in [9.17, 15) is 0 Å². The Bertz CT molecular complexity index is 339. The first-order valence-electron chi connectivity index (χ1n) is 7.01. The second-order valence-corrected chi connectivity index (χ2v) is 5.12. The van der Waals surface area contributed by atoms with Gasteiger partial charge in [-0.15, -0.1) is 0 Å². The van der Waals surface area contributed by atoms with E-state index in [0.717, 1.165) is 19.5 Å². The summed E-state index contributed by atoms with van der Waals surface area (Å²) in [5, 5.41) is 3.50. The Morgan fingerprint density at radius 2 is 1.72 bits per heavy atom. The summed E-state index contributed by atoms with van der Waals surface area (Å²) in [6.07, 6.45) is 1.11. The minimum atomic E-state index is 1.04. The van der Waals surface area contributed by atoms with Gasteiger partial charge in [-0.1, -0.05) is 19.1 Å². The number of aryl methyl sites for hydroxylation is 1. The molecule has 2 rings (SSSR count). The van der Waals surface area contributed by atoms with Crippen molar-refractivity contribution in [2.75, 3.05) is 51.6 Å². The van der Waals surface area contributed by atoms with Crippen LogP contribution in [-0.2, 0) is 6.42 Å². The molecule has 0 bridgehead atoms. The van der Waals surface area contributed by atoms with Gasteiger partial charge in [0.05, 0.1) is 0 Å². The molecule has 0 aliphatic carbocycles. The van der Waals surface area contributed by atoms with E-state index in [1.165, 1.54) is 37.4 Å². The Kier molecular flexibility index (Phi) is 5.02. The van der Waals surface area contributed by atoms with Crippen LogP contribution in [-0.4, -0.2) is 56.1 Å². The highest BCUT2D eigenvalue weighted by molar-refractivity contribution is 5.44. The maximum atomic E-state index is 3.50. The van der Waals surface area contributed by atoms with Crippen molar-refractivity contribution in [2.45, 2.75) is 13.3 Å². The highest BCUT2D eigenvalue weighted by Gasteiger charge is 2.12. The smallest absolute Gasteiger partial charge is 0.0340 e. The molecule has 0 amide bonds. The van der Waals surface area contributed by atoms with Crippen LogP contribution in [0.1, 0.15) is 12.5 Å². The lowest BCUT2D eigenvalue weighted by Crippen LogP contribution is -2.45. The van der Waals surface area contributed by atoms with E-state index in [1.54, 1.807) is 0 Å². The monoisotopic (exact) mass is 247 g/mol. The average molecular weight is 247 g/mol. The van der Waals surface area contributed by atoms with E-state index in [-0.39, 0.29) is 0 Å². The van der Waals surface area contributed by atoms with Gasteiger partial charge in [-0.2, -0.15) is 0 Å². The van der Waals surface area contributed by atoms with E-state index in [1.807, 2.05) is 0 Å². The Hall–Kier alpha value is -1.06. The van der Waals surface area contributed by atoms with Gasteiger partial charge < -0.3 is 10.2 Å². The van der Waals surface area contributed by atoms with Gasteiger partial charge in [0, 0.05) is 45.0 Å². The van der Waals surface area contributed by atoms with E-state index in [4.69, 9.17) is 0 Å². The number of nitrogens with one attached hydrogen (secondary N) is 1. The van der Waals surface area contributed by atoms with Crippen LogP contribution >= 0.6 is 0 Å². The first kappa shape index (κ1) is 13.4. The molecular weight excluding hydrogens is 222 g/mol. The van der Waals surface area contributed by atoms with Crippen molar-refractivity contribution in [2.24, 2.45) is 0 Å². The molecule has 1 saturated heterocycles.